The van der Waals surface area contributed by atoms with Crippen LogP contribution in [0.3, 0.4) is 0 Å². The second kappa shape index (κ2) is 4.25. The SMILES string of the molecule is Cc1nnc2onc(C3CCC(N)CN3C)c2n1. The van der Waals surface area contributed by atoms with E-state index in [0.29, 0.717) is 11.5 Å². The van der Waals surface area contributed by atoms with Gasteiger partial charge in [0.1, 0.15) is 11.5 Å². The summed E-state index contributed by atoms with van der Waals surface area (Å²) in [5, 5.41) is 11.9. The van der Waals surface area contributed by atoms with Crippen LogP contribution in [-0.4, -0.2) is 44.9 Å². The lowest BCUT2D eigenvalue weighted by Gasteiger charge is -2.34. The van der Waals surface area contributed by atoms with Gasteiger partial charge in [-0.1, -0.05) is 5.16 Å². The Hall–Kier alpha value is -1.60. The third-order valence-corrected chi connectivity index (χ3v) is 3.42. The molecule has 1 aliphatic heterocycles. The van der Waals surface area contributed by atoms with Gasteiger partial charge in [-0.25, -0.2) is 4.98 Å². The molecule has 0 saturated carbocycles. The zero-order valence-corrected chi connectivity index (χ0v) is 10.5. The van der Waals surface area contributed by atoms with Crippen LogP contribution in [0.2, 0.25) is 0 Å². The van der Waals surface area contributed by atoms with Gasteiger partial charge in [0.15, 0.2) is 5.52 Å². The Labute approximate surface area is 104 Å². The summed E-state index contributed by atoms with van der Waals surface area (Å²) in [6.45, 7) is 2.67. The molecule has 2 N–H and O–H groups in total. The summed E-state index contributed by atoms with van der Waals surface area (Å²) < 4.78 is 5.19. The molecule has 7 nitrogen and oxygen atoms in total. The molecule has 3 rings (SSSR count). The fourth-order valence-electron chi connectivity index (χ4n) is 2.51. The number of aryl methyl sites for hydroxylation is 1. The molecule has 1 fully saturated rings. The van der Waals surface area contributed by atoms with Crippen LogP contribution < -0.4 is 5.73 Å². The van der Waals surface area contributed by atoms with Gasteiger partial charge in [-0.2, -0.15) is 0 Å². The molecule has 0 aromatic carbocycles. The molecule has 7 heteroatoms. The van der Waals surface area contributed by atoms with E-state index in [9.17, 15) is 0 Å². The Morgan fingerprint density at radius 2 is 2.17 bits per heavy atom. The van der Waals surface area contributed by atoms with E-state index < -0.39 is 0 Å². The minimum atomic E-state index is 0.196. The van der Waals surface area contributed by atoms with Gasteiger partial charge in [-0.05, 0) is 26.8 Å². The molecular formula is C11H16N6O. The molecule has 2 atom stereocenters. The third kappa shape index (κ3) is 1.85. The fourth-order valence-corrected chi connectivity index (χ4v) is 2.51. The standard InChI is InChI=1S/C11H16N6O/c1-6-13-10-9(16-18-11(10)15-14-6)8-4-3-7(12)5-17(8)2/h7-8H,3-5,12H2,1-2H3. The number of nitrogens with two attached hydrogens (primary N) is 1. The number of fused-ring (bicyclic) bond motifs is 1. The molecule has 1 aliphatic rings. The minimum Gasteiger partial charge on any atom is -0.332 e. The van der Waals surface area contributed by atoms with Crippen molar-refractivity contribution in [1.29, 1.82) is 0 Å². The first kappa shape index (κ1) is 11.5. The summed E-state index contributed by atoms with van der Waals surface area (Å²) in [6.07, 6.45) is 1.95. The van der Waals surface area contributed by atoms with E-state index in [2.05, 4.69) is 25.2 Å². The van der Waals surface area contributed by atoms with Gasteiger partial charge in [-0.15, -0.1) is 10.2 Å². The minimum absolute atomic E-state index is 0.196. The van der Waals surface area contributed by atoms with Crippen LogP contribution in [-0.2, 0) is 0 Å². The molecule has 3 heterocycles. The molecule has 0 bridgehead atoms. The van der Waals surface area contributed by atoms with Gasteiger partial charge in [0.2, 0.25) is 0 Å². The van der Waals surface area contributed by atoms with Crippen molar-refractivity contribution in [1.82, 2.24) is 25.2 Å². The Morgan fingerprint density at radius 1 is 1.33 bits per heavy atom. The second-order valence-corrected chi connectivity index (χ2v) is 4.87. The monoisotopic (exact) mass is 248 g/mol. The average Bonchev–Trinajstić information content (AvgIpc) is 2.72. The maximum Gasteiger partial charge on any atom is 0.295 e. The molecule has 96 valence electrons. The topological polar surface area (TPSA) is 94.0 Å². The van der Waals surface area contributed by atoms with Crippen molar-refractivity contribution in [2.24, 2.45) is 5.73 Å². The predicted molar refractivity (Wildman–Crippen MR) is 64.7 cm³/mol. The first-order valence-corrected chi connectivity index (χ1v) is 6.07. The molecule has 0 radical (unpaired) electrons. The van der Waals surface area contributed by atoms with Gasteiger partial charge in [0.05, 0.1) is 6.04 Å². The van der Waals surface area contributed by atoms with Crippen molar-refractivity contribution in [2.75, 3.05) is 13.6 Å². The van der Waals surface area contributed by atoms with Crippen LogP contribution >= 0.6 is 0 Å². The summed E-state index contributed by atoms with van der Waals surface area (Å²) in [4.78, 5) is 6.57. The number of likely N-dealkylation sites (tertiary alicyclic amines) is 1. The largest absolute Gasteiger partial charge is 0.332 e. The molecule has 0 spiro atoms. The van der Waals surface area contributed by atoms with E-state index in [0.717, 1.165) is 30.6 Å². The molecule has 2 unspecified atom stereocenters. The Balaban J connectivity index is 2.01. The molecule has 0 aliphatic carbocycles. The normalized spacial score (nSPS) is 25.7. The van der Waals surface area contributed by atoms with Gasteiger partial charge in [0.25, 0.3) is 5.71 Å². The van der Waals surface area contributed by atoms with Crippen LogP contribution in [0.1, 0.15) is 30.4 Å². The number of hydrogen-bond acceptors (Lipinski definition) is 7. The van der Waals surface area contributed by atoms with E-state index in [4.69, 9.17) is 10.3 Å². The number of rotatable bonds is 1. The first-order valence-electron chi connectivity index (χ1n) is 6.07. The van der Waals surface area contributed by atoms with Crippen molar-refractivity contribution in [3.63, 3.8) is 0 Å². The highest BCUT2D eigenvalue weighted by Crippen LogP contribution is 2.31. The van der Waals surface area contributed by atoms with Crippen molar-refractivity contribution >= 4 is 11.2 Å². The van der Waals surface area contributed by atoms with E-state index in [-0.39, 0.29) is 12.1 Å². The molecule has 18 heavy (non-hydrogen) atoms. The highest BCUT2D eigenvalue weighted by atomic mass is 16.5. The molecule has 2 aromatic rings. The summed E-state index contributed by atoms with van der Waals surface area (Å²) in [5.74, 6) is 0.627. The Kier molecular flexibility index (Phi) is 2.71. The number of nitrogens with zero attached hydrogens (tertiary/aromatic N) is 5. The highest BCUT2D eigenvalue weighted by Gasteiger charge is 2.29. The number of aromatic nitrogens is 4. The average molecular weight is 248 g/mol. The van der Waals surface area contributed by atoms with Crippen molar-refractivity contribution in [2.45, 2.75) is 31.8 Å². The summed E-state index contributed by atoms with van der Waals surface area (Å²) in [5.41, 5.74) is 7.92. The van der Waals surface area contributed by atoms with E-state index >= 15 is 0 Å². The lowest BCUT2D eigenvalue weighted by Crippen LogP contribution is -2.42. The van der Waals surface area contributed by atoms with Crippen LogP contribution in [0.5, 0.6) is 0 Å². The molecular weight excluding hydrogens is 232 g/mol. The smallest absolute Gasteiger partial charge is 0.295 e. The maximum absolute atomic E-state index is 5.95. The summed E-state index contributed by atoms with van der Waals surface area (Å²) in [6, 6.07) is 0.432. The Morgan fingerprint density at radius 3 is 2.94 bits per heavy atom. The molecule has 0 amide bonds. The number of likely N-dealkylation sites (N-methyl/N-ethyl adjacent to an activating group) is 1. The van der Waals surface area contributed by atoms with Gasteiger partial charge < -0.3 is 10.3 Å². The van der Waals surface area contributed by atoms with Crippen molar-refractivity contribution in [3.8, 4) is 0 Å². The van der Waals surface area contributed by atoms with Crippen LogP contribution in [0.15, 0.2) is 4.52 Å². The summed E-state index contributed by atoms with van der Waals surface area (Å²) >= 11 is 0. The zero-order chi connectivity index (χ0) is 12.7. The van der Waals surface area contributed by atoms with Crippen molar-refractivity contribution < 1.29 is 4.52 Å². The van der Waals surface area contributed by atoms with Crippen LogP contribution in [0.25, 0.3) is 11.2 Å². The second-order valence-electron chi connectivity index (χ2n) is 4.87. The quantitative estimate of drug-likeness (QED) is 0.781. The van der Waals surface area contributed by atoms with E-state index in [1.807, 2.05) is 14.0 Å². The van der Waals surface area contributed by atoms with Crippen LogP contribution in [0, 0.1) is 6.92 Å². The first-order chi connectivity index (χ1) is 8.65. The number of piperidine rings is 1. The fraction of sp³-hybridized carbons (Fsp3) is 0.636. The highest BCUT2D eigenvalue weighted by molar-refractivity contribution is 5.70. The van der Waals surface area contributed by atoms with E-state index in [1.54, 1.807) is 0 Å². The summed E-state index contributed by atoms with van der Waals surface area (Å²) in [7, 11) is 2.05. The van der Waals surface area contributed by atoms with Gasteiger partial charge in [-0.3, -0.25) is 4.90 Å². The van der Waals surface area contributed by atoms with Crippen molar-refractivity contribution in [3.05, 3.63) is 11.5 Å². The molecule has 2 aromatic heterocycles. The third-order valence-electron chi connectivity index (χ3n) is 3.42. The van der Waals surface area contributed by atoms with Gasteiger partial charge in [0, 0.05) is 12.6 Å². The number of hydrogen-bond donors (Lipinski definition) is 1. The van der Waals surface area contributed by atoms with E-state index in [1.165, 1.54) is 0 Å². The zero-order valence-electron chi connectivity index (χ0n) is 10.5. The predicted octanol–water partition coefficient (Wildman–Crippen LogP) is 0.415. The van der Waals surface area contributed by atoms with Crippen LogP contribution in [0.4, 0.5) is 0 Å². The maximum atomic E-state index is 5.95. The molecule has 1 saturated heterocycles. The van der Waals surface area contributed by atoms with Gasteiger partial charge >= 0.3 is 0 Å². The lowest BCUT2D eigenvalue weighted by molar-refractivity contribution is 0.163. The Bertz CT molecular complexity index is 568. The lowest BCUT2D eigenvalue weighted by atomic mass is 9.97.